The van der Waals surface area contributed by atoms with E-state index in [4.69, 9.17) is 10.2 Å². The summed E-state index contributed by atoms with van der Waals surface area (Å²) in [7, 11) is 0. The zero-order chi connectivity index (χ0) is 13.3. The van der Waals surface area contributed by atoms with Gasteiger partial charge in [-0.25, -0.2) is 4.98 Å². The minimum absolute atomic E-state index is 0.00437. The molecule has 1 aliphatic rings. The van der Waals surface area contributed by atoms with E-state index in [2.05, 4.69) is 10.3 Å². The van der Waals surface area contributed by atoms with Gasteiger partial charge in [-0.2, -0.15) is 0 Å². The second-order valence-corrected chi connectivity index (χ2v) is 4.89. The Bertz CT molecular complexity index is 588. The summed E-state index contributed by atoms with van der Waals surface area (Å²) in [5.74, 6) is 0.681. The Morgan fingerprint density at radius 1 is 1.47 bits per heavy atom. The molecular weight excluding hydrogens is 242 g/mol. The SMILES string of the molecule is NCC1(C(=O)Nc2cccc(-c3cnco3)c2)CC1. The number of carbonyl (C=O) groups is 1. The lowest BCUT2D eigenvalue weighted by atomic mass is 10.1. The maximum absolute atomic E-state index is 12.1. The van der Waals surface area contributed by atoms with Crippen LogP contribution in [0.4, 0.5) is 5.69 Å². The third-order valence-electron chi connectivity index (χ3n) is 3.56. The van der Waals surface area contributed by atoms with Crippen molar-refractivity contribution in [2.24, 2.45) is 11.1 Å². The van der Waals surface area contributed by atoms with Crippen LogP contribution in [0.25, 0.3) is 11.3 Å². The lowest BCUT2D eigenvalue weighted by molar-refractivity contribution is -0.120. The van der Waals surface area contributed by atoms with Crippen LogP contribution in [0.3, 0.4) is 0 Å². The predicted octanol–water partition coefficient (Wildman–Crippen LogP) is 2.02. The minimum atomic E-state index is -0.345. The molecule has 1 amide bonds. The highest BCUT2D eigenvalue weighted by Gasteiger charge is 2.48. The van der Waals surface area contributed by atoms with Gasteiger partial charge in [0.2, 0.25) is 5.91 Å². The fourth-order valence-electron chi connectivity index (χ4n) is 2.05. The Morgan fingerprint density at radius 2 is 2.32 bits per heavy atom. The number of benzene rings is 1. The van der Waals surface area contributed by atoms with E-state index in [-0.39, 0.29) is 11.3 Å². The molecule has 0 aliphatic heterocycles. The molecule has 2 aromatic rings. The van der Waals surface area contributed by atoms with E-state index in [1.165, 1.54) is 6.39 Å². The van der Waals surface area contributed by atoms with Gasteiger partial charge in [-0.05, 0) is 25.0 Å². The van der Waals surface area contributed by atoms with Gasteiger partial charge >= 0.3 is 0 Å². The predicted molar refractivity (Wildman–Crippen MR) is 71.3 cm³/mol. The van der Waals surface area contributed by atoms with Gasteiger partial charge < -0.3 is 15.5 Å². The summed E-state index contributed by atoms with van der Waals surface area (Å²) >= 11 is 0. The quantitative estimate of drug-likeness (QED) is 0.878. The monoisotopic (exact) mass is 257 g/mol. The number of amides is 1. The van der Waals surface area contributed by atoms with Crippen molar-refractivity contribution in [2.75, 3.05) is 11.9 Å². The number of nitrogens with one attached hydrogen (secondary N) is 1. The standard InChI is InChI=1S/C14H15N3O2/c15-8-14(4-5-14)13(18)17-11-3-1-2-10(6-11)12-7-16-9-19-12/h1-3,6-7,9H,4-5,8,15H2,(H,17,18). The number of rotatable bonds is 4. The molecule has 1 aromatic carbocycles. The summed E-state index contributed by atoms with van der Waals surface area (Å²) in [5.41, 5.74) is 6.93. The fraction of sp³-hybridized carbons (Fsp3) is 0.286. The van der Waals surface area contributed by atoms with Gasteiger partial charge in [0.05, 0.1) is 11.6 Å². The lowest BCUT2D eigenvalue weighted by Gasteiger charge is -2.13. The van der Waals surface area contributed by atoms with Crippen LogP contribution in [0.15, 0.2) is 41.3 Å². The molecule has 5 heteroatoms. The first-order valence-corrected chi connectivity index (χ1v) is 6.24. The van der Waals surface area contributed by atoms with Crippen molar-refractivity contribution in [3.63, 3.8) is 0 Å². The molecule has 0 spiro atoms. The minimum Gasteiger partial charge on any atom is -0.444 e. The molecular formula is C14H15N3O2. The second-order valence-electron chi connectivity index (χ2n) is 4.89. The van der Waals surface area contributed by atoms with Gasteiger partial charge in [-0.3, -0.25) is 4.79 Å². The van der Waals surface area contributed by atoms with E-state index in [0.717, 1.165) is 24.1 Å². The van der Waals surface area contributed by atoms with Crippen LogP contribution in [0, 0.1) is 5.41 Å². The Kier molecular flexibility index (Phi) is 2.83. The number of anilines is 1. The third-order valence-corrected chi connectivity index (χ3v) is 3.56. The topological polar surface area (TPSA) is 81.2 Å². The van der Waals surface area contributed by atoms with Crippen LogP contribution in [-0.4, -0.2) is 17.4 Å². The van der Waals surface area contributed by atoms with Crippen LogP contribution in [0.2, 0.25) is 0 Å². The van der Waals surface area contributed by atoms with Crippen LogP contribution in [0.5, 0.6) is 0 Å². The van der Waals surface area contributed by atoms with Crippen molar-refractivity contribution in [1.82, 2.24) is 4.98 Å². The zero-order valence-corrected chi connectivity index (χ0v) is 10.4. The van der Waals surface area contributed by atoms with Crippen molar-refractivity contribution >= 4 is 11.6 Å². The number of oxazole rings is 1. The molecule has 0 unspecified atom stereocenters. The molecule has 1 aromatic heterocycles. The van der Waals surface area contributed by atoms with Crippen molar-refractivity contribution in [2.45, 2.75) is 12.8 Å². The summed E-state index contributed by atoms with van der Waals surface area (Å²) in [5, 5.41) is 2.92. The van der Waals surface area contributed by atoms with E-state index >= 15 is 0 Å². The van der Waals surface area contributed by atoms with E-state index in [1.54, 1.807) is 6.20 Å². The highest BCUT2D eigenvalue weighted by atomic mass is 16.3. The average Bonchev–Trinajstić information content (AvgIpc) is 3.05. The molecule has 1 saturated carbocycles. The highest BCUT2D eigenvalue weighted by molar-refractivity contribution is 5.97. The number of hydrogen-bond donors (Lipinski definition) is 2. The summed E-state index contributed by atoms with van der Waals surface area (Å²) in [6, 6.07) is 7.50. The molecule has 98 valence electrons. The first-order valence-electron chi connectivity index (χ1n) is 6.24. The van der Waals surface area contributed by atoms with E-state index in [9.17, 15) is 4.79 Å². The maximum Gasteiger partial charge on any atom is 0.231 e. The van der Waals surface area contributed by atoms with Crippen LogP contribution >= 0.6 is 0 Å². The van der Waals surface area contributed by atoms with Crippen molar-refractivity contribution in [1.29, 1.82) is 0 Å². The molecule has 3 rings (SSSR count). The van der Waals surface area contributed by atoms with Crippen molar-refractivity contribution in [3.05, 3.63) is 36.9 Å². The molecule has 5 nitrogen and oxygen atoms in total. The van der Waals surface area contributed by atoms with E-state index in [1.807, 2.05) is 24.3 Å². The number of nitrogens with two attached hydrogens (primary N) is 1. The molecule has 1 fully saturated rings. The molecule has 0 atom stereocenters. The molecule has 19 heavy (non-hydrogen) atoms. The molecule has 1 heterocycles. The van der Waals surface area contributed by atoms with Gasteiger partial charge in [0, 0.05) is 17.8 Å². The van der Waals surface area contributed by atoms with Crippen LogP contribution < -0.4 is 11.1 Å². The first-order chi connectivity index (χ1) is 9.23. The normalized spacial score (nSPS) is 16.1. The van der Waals surface area contributed by atoms with Gasteiger partial charge in [-0.15, -0.1) is 0 Å². The van der Waals surface area contributed by atoms with Crippen LogP contribution in [-0.2, 0) is 4.79 Å². The average molecular weight is 257 g/mol. The fourth-order valence-corrected chi connectivity index (χ4v) is 2.05. The molecule has 0 radical (unpaired) electrons. The number of nitrogens with zero attached hydrogens (tertiary/aromatic N) is 1. The van der Waals surface area contributed by atoms with Crippen molar-refractivity contribution < 1.29 is 9.21 Å². The summed E-state index contributed by atoms with van der Waals surface area (Å²) in [4.78, 5) is 16.0. The molecule has 0 bridgehead atoms. The Balaban J connectivity index is 1.79. The van der Waals surface area contributed by atoms with Crippen LogP contribution in [0.1, 0.15) is 12.8 Å². The van der Waals surface area contributed by atoms with Gasteiger partial charge in [-0.1, -0.05) is 12.1 Å². The Morgan fingerprint density at radius 3 is 2.95 bits per heavy atom. The Labute approximate surface area is 110 Å². The first kappa shape index (κ1) is 11.9. The summed E-state index contributed by atoms with van der Waals surface area (Å²) in [6.45, 7) is 0.403. The van der Waals surface area contributed by atoms with Gasteiger partial charge in [0.1, 0.15) is 0 Å². The zero-order valence-electron chi connectivity index (χ0n) is 10.4. The number of hydrogen-bond acceptors (Lipinski definition) is 4. The Hall–Kier alpha value is -2.14. The molecule has 0 saturated heterocycles. The largest absolute Gasteiger partial charge is 0.444 e. The maximum atomic E-state index is 12.1. The summed E-state index contributed by atoms with van der Waals surface area (Å²) in [6.07, 6.45) is 4.77. The lowest BCUT2D eigenvalue weighted by Crippen LogP contribution is -2.30. The number of aromatic nitrogens is 1. The second kappa shape index (κ2) is 4.51. The van der Waals surface area contributed by atoms with E-state index < -0.39 is 0 Å². The van der Waals surface area contributed by atoms with E-state index in [0.29, 0.717) is 12.3 Å². The molecule has 3 N–H and O–H groups in total. The summed E-state index contributed by atoms with van der Waals surface area (Å²) < 4.78 is 5.24. The number of carbonyl (C=O) groups excluding carboxylic acids is 1. The van der Waals surface area contributed by atoms with Crippen molar-refractivity contribution in [3.8, 4) is 11.3 Å². The highest BCUT2D eigenvalue weighted by Crippen LogP contribution is 2.45. The third kappa shape index (κ3) is 2.24. The molecule has 1 aliphatic carbocycles. The van der Waals surface area contributed by atoms with Gasteiger partial charge in [0.25, 0.3) is 0 Å². The smallest absolute Gasteiger partial charge is 0.231 e. The van der Waals surface area contributed by atoms with Gasteiger partial charge in [0.15, 0.2) is 12.2 Å².